The van der Waals surface area contributed by atoms with E-state index in [1.54, 1.807) is 24.8 Å². The van der Waals surface area contributed by atoms with Gasteiger partial charge in [-0.25, -0.2) is 4.79 Å². The van der Waals surface area contributed by atoms with Crippen LogP contribution in [0, 0.1) is 56.7 Å². The van der Waals surface area contributed by atoms with Crippen molar-refractivity contribution in [1.82, 2.24) is 4.90 Å². The first-order chi connectivity index (χ1) is 29.9. The molecule has 0 bridgehead atoms. The van der Waals surface area contributed by atoms with Gasteiger partial charge in [0.25, 0.3) is 0 Å². The number of fused-ring (bicyclic) bond motifs is 7. The number of ether oxygens (including phenoxy) is 4. The summed E-state index contributed by atoms with van der Waals surface area (Å²) in [5.41, 5.74) is -0.632. The fraction of sp³-hybridized carbons (Fsp3) is 0.759. The monoisotopic (exact) mass is 922 g/mol. The number of rotatable bonds is 11. The second-order valence-corrected chi connectivity index (χ2v) is 24.9. The van der Waals surface area contributed by atoms with Gasteiger partial charge in [0.1, 0.15) is 23.4 Å². The Morgan fingerprint density at radius 2 is 1.49 bits per heavy atom. The number of hydrogen-bond donors (Lipinski definition) is 0. The van der Waals surface area contributed by atoms with Crippen LogP contribution in [-0.4, -0.2) is 64.6 Å². The maximum Gasteiger partial charge on any atom is 0.410 e. The van der Waals surface area contributed by atoms with Gasteiger partial charge in [-0.1, -0.05) is 71.3 Å². The lowest BCUT2D eigenvalue weighted by molar-refractivity contribution is -0.219. The molecule has 4 fully saturated rings. The first kappa shape index (κ1) is 51.0. The lowest BCUT2D eigenvalue weighted by atomic mass is 9.33. The highest BCUT2D eigenvalue weighted by Crippen LogP contribution is 2.76. The number of benzene rings is 1. The highest BCUT2D eigenvalue weighted by atomic mass is 35.5. The lowest BCUT2D eigenvalue weighted by Gasteiger charge is -2.71. The topological polar surface area (TPSA) is 126 Å². The van der Waals surface area contributed by atoms with Gasteiger partial charge in [0, 0.05) is 23.8 Å². The summed E-state index contributed by atoms with van der Waals surface area (Å²) in [7, 11) is 0. The first-order valence-electron chi connectivity index (χ1n) is 24.5. The van der Waals surface area contributed by atoms with Crippen LogP contribution in [-0.2, 0) is 44.7 Å². The summed E-state index contributed by atoms with van der Waals surface area (Å²) in [5.74, 6) is -0.114. The first-order valence-corrected chi connectivity index (χ1v) is 24.9. The van der Waals surface area contributed by atoms with Gasteiger partial charge >= 0.3 is 24.0 Å². The Bertz CT molecular complexity index is 2060. The molecule has 0 heterocycles. The number of esters is 3. The van der Waals surface area contributed by atoms with Crippen molar-refractivity contribution in [2.45, 2.75) is 198 Å². The summed E-state index contributed by atoms with van der Waals surface area (Å²) in [6.45, 7) is 30.1. The fourth-order valence-corrected chi connectivity index (χ4v) is 14.2. The quantitative estimate of drug-likeness (QED) is 0.157. The zero-order chi connectivity index (χ0) is 48.5. The lowest BCUT2D eigenvalue weighted by Crippen LogP contribution is -2.65. The van der Waals surface area contributed by atoms with Crippen molar-refractivity contribution < 1.29 is 42.9 Å². The number of halogens is 1. The molecule has 1 amide bonds. The number of ketones is 1. The number of amides is 1. The van der Waals surface area contributed by atoms with E-state index in [1.165, 1.54) is 6.92 Å². The molecule has 6 rings (SSSR count). The number of nitrogens with zero attached hydrogens (tertiary/aromatic N) is 1. The number of allylic oxidation sites excluding steroid dienone is 1. The summed E-state index contributed by atoms with van der Waals surface area (Å²) in [6, 6.07) is 7.41. The zero-order valence-electron chi connectivity index (χ0n) is 42.3. The van der Waals surface area contributed by atoms with Gasteiger partial charge in [0.15, 0.2) is 5.78 Å². The van der Waals surface area contributed by atoms with Gasteiger partial charge in [0.2, 0.25) is 0 Å². The van der Waals surface area contributed by atoms with Crippen LogP contribution in [0.15, 0.2) is 35.4 Å². The van der Waals surface area contributed by atoms with Crippen molar-refractivity contribution >= 4 is 41.4 Å². The highest BCUT2D eigenvalue weighted by molar-refractivity contribution is 6.31. The second kappa shape index (κ2) is 17.9. The zero-order valence-corrected chi connectivity index (χ0v) is 43.1. The molecule has 10 nitrogen and oxygen atoms in total. The standard InChI is InChI=1S/C54H80ClNO9/c1-32(2)44-39(58)28-54(42(62-34(4)57)31-56(47(61)65-49(8,9)10)30-35-18-16-17-19-38(35)55)27-26-52(14)37(45(44)54)20-21-41-51(13)24-23-40(33(3)36(51)22-25-53(41,52)15)63-43(59)29-50(11,12)46(60)64-48(5,6)7/h16-19,32-33,36-37,40-42H,20-31H2,1-15H3/t33-,36+,37-,40+,41-,42-,51+,52-,53-,54+/m1/s1. The second-order valence-electron chi connectivity index (χ2n) is 24.4. The highest BCUT2D eigenvalue weighted by Gasteiger charge is 2.70. The number of carbonyl (C=O) groups is 5. The number of carbonyl (C=O) groups excluding carboxylic acids is 5. The predicted molar refractivity (Wildman–Crippen MR) is 253 cm³/mol. The van der Waals surface area contributed by atoms with Gasteiger partial charge in [-0.15, -0.1) is 0 Å². The Kier molecular flexibility index (Phi) is 14.1. The smallest absolute Gasteiger partial charge is 0.410 e. The molecule has 0 aromatic heterocycles. The van der Waals surface area contributed by atoms with Gasteiger partial charge in [-0.2, -0.15) is 0 Å². The molecule has 362 valence electrons. The summed E-state index contributed by atoms with van der Waals surface area (Å²) >= 11 is 6.68. The molecule has 0 unspecified atom stereocenters. The van der Waals surface area contributed by atoms with E-state index >= 15 is 0 Å². The summed E-state index contributed by atoms with van der Waals surface area (Å²) in [4.78, 5) is 70.1. The average molecular weight is 923 g/mol. The van der Waals surface area contributed by atoms with Gasteiger partial charge in [-0.3, -0.25) is 19.2 Å². The molecule has 0 spiro atoms. The predicted octanol–water partition coefficient (Wildman–Crippen LogP) is 12.3. The Hall–Kier alpha value is -3.40. The third-order valence-electron chi connectivity index (χ3n) is 17.1. The molecule has 0 aliphatic heterocycles. The van der Waals surface area contributed by atoms with E-state index in [1.807, 2.05) is 59.7 Å². The van der Waals surface area contributed by atoms with Crippen molar-refractivity contribution in [3.8, 4) is 0 Å². The van der Waals surface area contributed by atoms with Gasteiger partial charge in [-0.05, 0) is 175 Å². The van der Waals surface area contributed by atoms with Crippen molar-refractivity contribution in [3.63, 3.8) is 0 Å². The van der Waals surface area contributed by atoms with Crippen LogP contribution in [0.25, 0.3) is 0 Å². The van der Waals surface area contributed by atoms with Crippen molar-refractivity contribution in [2.24, 2.45) is 56.7 Å². The average Bonchev–Trinajstić information content (AvgIpc) is 3.48. The molecule has 5 aliphatic carbocycles. The van der Waals surface area contributed by atoms with E-state index in [2.05, 4.69) is 41.5 Å². The van der Waals surface area contributed by atoms with E-state index in [0.717, 1.165) is 61.7 Å². The van der Waals surface area contributed by atoms with Crippen LogP contribution in [0.5, 0.6) is 0 Å². The van der Waals surface area contributed by atoms with E-state index in [4.69, 9.17) is 30.5 Å². The molecule has 11 heteroatoms. The molecule has 0 saturated heterocycles. The van der Waals surface area contributed by atoms with Gasteiger partial charge < -0.3 is 23.8 Å². The van der Waals surface area contributed by atoms with Crippen molar-refractivity contribution in [2.75, 3.05) is 6.54 Å². The SMILES string of the molecule is CC(=O)O[C@H](CN(Cc1ccccc1Cl)C(=O)OC(C)(C)C)[C@@]12CC[C@]3(C)[C@H](CC[C@@H]4[C@@]5(C)CC[C@H](OC(=O)CC(C)(C)C(=O)OC(C)(C)C)[C@H](C)[C@@H]5CC[C@]43C)C1=C(C(C)C)C(=O)C2. The molecule has 10 atom stereocenters. The van der Waals surface area contributed by atoms with Crippen LogP contribution >= 0.6 is 11.6 Å². The van der Waals surface area contributed by atoms with E-state index in [0.29, 0.717) is 23.3 Å². The largest absolute Gasteiger partial charge is 0.462 e. The van der Waals surface area contributed by atoms with E-state index in [9.17, 15) is 24.0 Å². The molecule has 0 radical (unpaired) electrons. The number of Topliss-reactive ketones (excluding diaryl/α,β-unsaturated/α-hetero) is 1. The molecule has 5 aliphatic rings. The number of hydrogen-bond acceptors (Lipinski definition) is 9. The Labute approximate surface area is 395 Å². The van der Waals surface area contributed by atoms with Crippen LogP contribution in [0.4, 0.5) is 4.79 Å². The van der Waals surface area contributed by atoms with Crippen LogP contribution in [0.3, 0.4) is 0 Å². The summed E-state index contributed by atoms with van der Waals surface area (Å²) in [5, 5.41) is 0.520. The van der Waals surface area contributed by atoms with Crippen LogP contribution in [0.1, 0.15) is 174 Å². The van der Waals surface area contributed by atoms with Crippen molar-refractivity contribution in [1.29, 1.82) is 0 Å². The molecule has 4 saturated carbocycles. The van der Waals surface area contributed by atoms with E-state index in [-0.39, 0.29) is 77.8 Å². The maximum absolute atomic E-state index is 14.6. The minimum atomic E-state index is -1.00. The minimum Gasteiger partial charge on any atom is -0.462 e. The van der Waals surface area contributed by atoms with Crippen LogP contribution < -0.4 is 0 Å². The normalized spacial score (nSPS) is 32.9. The Morgan fingerprint density at radius 3 is 2.09 bits per heavy atom. The maximum atomic E-state index is 14.6. The van der Waals surface area contributed by atoms with E-state index < -0.39 is 46.2 Å². The molecule has 1 aromatic rings. The molecule has 1 aromatic carbocycles. The molecular formula is C54H80ClNO9. The fourth-order valence-electron chi connectivity index (χ4n) is 14.0. The third-order valence-corrected chi connectivity index (χ3v) is 17.5. The van der Waals surface area contributed by atoms with Crippen LogP contribution in [0.2, 0.25) is 5.02 Å². The Morgan fingerprint density at radius 1 is 0.846 bits per heavy atom. The molecular weight excluding hydrogens is 842 g/mol. The summed E-state index contributed by atoms with van der Waals surface area (Å²) < 4.78 is 24.3. The Balaban J connectivity index is 1.30. The van der Waals surface area contributed by atoms with Gasteiger partial charge in [0.05, 0.1) is 24.9 Å². The van der Waals surface area contributed by atoms with Crippen molar-refractivity contribution in [3.05, 3.63) is 46.0 Å². The third kappa shape index (κ3) is 9.68. The minimum absolute atomic E-state index is 0.0152. The molecule has 65 heavy (non-hydrogen) atoms. The summed E-state index contributed by atoms with van der Waals surface area (Å²) in [6.07, 6.45) is 5.81. The molecule has 0 N–H and O–H groups in total.